The molecule has 1 fully saturated rings. The third kappa shape index (κ3) is 3.30. The molecule has 1 aliphatic carbocycles. The van der Waals surface area contributed by atoms with Gasteiger partial charge in [-0.3, -0.25) is 0 Å². The predicted molar refractivity (Wildman–Crippen MR) is 68.1 cm³/mol. The Morgan fingerprint density at radius 3 is 3.18 bits per heavy atom. The van der Waals surface area contributed by atoms with Gasteiger partial charge in [-0.1, -0.05) is 31.4 Å². The number of halogens is 1. The van der Waals surface area contributed by atoms with E-state index in [4.69, 9.17) is 11.6 Å². The van der Waals surface area contributed by atoms with Crippen LogP contribution in [0.15, 0.2) is 12.5 Å². The first kappa shape index (κ1) is 12.6. The molecule has 17 heavy (non-hydrogen) atoms. The maximum absolute atomic E-state index is 10.4. The third-order valence-corrected chi connectivity index (χ3v) is 3.60. The van der Waals surface area contributed by atoms with Crippen LogP contribution in [0.3, 0.4) is 0 Å². The Morgan fingerprint density at radius 1 is 1.65 bits per heavy atom. The van der Waals surface area contributed by atoms with Gasteiger partial charge in [0.1, 0.15) is 17.2 Å². The Labute approximate surface area is 106 Å². The Kier molecular flexibility index (Phi) is 3.84. The van der Waals surface area contributed by atoms with Crippen molar-refractivity contribution in [2.45, 2.75) is 38.2 Å². The molecule has 1 saturated carbocycles. The second-order valence-electron chi connectivity index (χ2n) is 5.00. The highest BCUT2D eigenvalue weighted by Gasteiger charge is 2.32. The molecule has 2 atom stereocenters. The van der Waals surface area contributed by atoms with Crippen LogP contribution in [-0.4, -0.2) is 27.2 Å². The van der Waals surface area contributed by atoms with Crippen LogP contribution in [0, 0.1) is 5.92 Å². The molecule has 0 spiro atoms. The minimum atomic E-state index is -0.633. The molecule has 0 bridgehead atoms. The molecular formula is C12H18ClN3O. The Balaban J connectivity index is 1.95. The summed E-state index contributed by atoms with van der Waals surface area (Å²) in [6.45, 7) is 2.68. The molecule has 0 saturated heterocycles. The van der Waals surface area contributed by atoms with E-state index in [9.17, 15) is 5.11 Å². The van der Waals surface area contributed by atoms with Crippen molar-refractivity contribution in [2.24, 2.45) is 5.92 Å². The fourth-order valence-electron chi connectivity index (χ4n) is 2.48. The number of aliphatic hydroxyl groups is 1. The smallest absolute Gasteiger partial charge is 0.148 e. The van der Waals surface area contributed by atoms with Gasteiger partial charge in [0.05, 0.1) is 11.8 Å². The summed E-state index contributed by atoms with van der Waals surface area (Å²) in [4.78, 5) is 7.87. The molecule has 2 N–H and O–H groups in total. The van der Waals surface area contributed by atoms with Gasteiger partial charge in [-0.25, -0.2) is 9.97 Å². The van der Waals surface area contributed by atoms with Crippen LogP contribution in [0.4, 0.5) is 5.82 Å². The van der Waals surface area contributed by atoms with E-state index in [-0.39, 0.29) is 0 Å². The van der Waals surface area contributed by atoms with Gasteiger partial charge in [0, 0.05) is 6.54 Å². The molecule has 0 amide bonds. The van der Waals surface area contributed by atoms with Gasteiger partial charge >= 0.3 is 0 Å². The maximum atomic E-state index is 10.4. The molecule has 4 nitrogen and oxygen atoms in total. The highest BCUT2D eigenvalue weighted by molar-refractivity contribution is 6.32. The number of hydrogen-bond acceptors (Lipinski definition) is 4. The van der Waals surface area contributed by atoms with Gasteiger partial charge in [0.15, 0.2) is 0 Å². The summed E-state index contributed by atoms with van der Waals surface area (Å²) in [6, 6.07) is 0. The number of anilines is 1. The lowest BCUT2D eigenvalue weighted by Gasteiger charge is -2.35. The SMILES string of the molecule is CC1CCCC(O)(CNc2ncncc2Cl)C1. The quantitative estimate of drug-likeness (QED) is 0.871. The summed E-state index contributed by atoms with van der Waals surface area (Å²) in [6.07, 6.45) is 6.95. The number of nitrogens with zero attached hydrogens (tertiary/aromatic N) is 2. The highest BCUT2D eigenvalue weighted by Crippen LogP contribution is 2.32. The van der Waals surface area contributed by atoms with E-state index in [2.05, 4.69) is 22.2 Å². The van der Waals surface area contributed by atoms with Crippen molar-refractivity contribution in [3.63, 3.8) is 0 Å². The van der Waals surface area contributed by atoms with Crippen LogP contribution in [0.2, 0.25) is 5.02 Å². The van der Waals surface area contributed by atoms with E-state index >= 15 is 0 Å². The standard InChI is InChI=1S/C12H18ClN3O/c1-9-3-2-4-12(17,5-9)7-15-11-10(13)6-14-8-16-11/h6,8-9,17H,2-5,7H2,1H3,(H,14,15,16). The fraction of sp³-hybridized carbons (Fsp3) is 0.667. The minimum absolute atomic E-state index is 0.486. The van der Waals surface area contributed by atoms with Gasteiger partial charge in [-0.05, 0) is 18.8 Å². The molecule has 94 valence electrons. The van der Waals surface area contributed by atoms with Crippen LogP contribution in [0.1, 0.15) is 32.6 Å². The zero-order valence-corrected chi connectivity index (χ0v) is 10.7. The monoisotopic (exact) mass is 255 g/mol. The summed E-state index contributed by atoms with van der Waals surface area (Å²) >= 11 is 5.95. The van der Waals surface area contributed by atoms with Crippen LogP contribution < -0.4 is 5.32 Å². The molecule has 0 aromatic carbocycles. The predicted octanol–water partition coefficient (Wildman–Crippen LogP) is 2.48. The van der Waals surface area contributed by atoms with Gasteiger partial charge in [0.25, 0.3) is 0 Å². The molecule has 5 heteroatoms. The van der Waals surface area contributed by atoms with Crippen molar-refractivity contribution < 1.29 is 5.11 Å². The van der Waals surface area contributed by atoms with Crippen LogP contribution in [0.25, 0.3) is 0 Å². The lowest BCUT2D eigenvalue weighted by atomic mass is 9.79. The number of aromatic nitrogens is 2. The molecule has 0 aliphatic heterocycles. The maximum Gasteiger partial charge on any atom is 0.148 e. The Bertz CT molecular complexity index is 388. The van der Waals surface area contributed by atoms with Gasteiger partial charge in [0.2, 0.25) is 0 Å². The Hall–Kier alpha value is -0.870. The first-order chi connectivity index (χ1) is 8.09. The number of rotatable bonds is 3. The first-order valence-electron chi connectivity index (χ1n) is 6.01. The highest BCUT2D eigenvalue weighted by atomic mass is 35.5. The van der Waals surface area contributed by atoms with Crippen molar-refractivity contribution in [2.75, 3.05) is 11.9 Å². The average Bonchev–Trinajstić information content (AvgIpc) is 2.28. The summed E-state index contributed by atoms with van der Waals surface area (Å²) in [5.41, 5.74) is -0.633. The van der Waals surface area contributed by atoms with Gasteiger partial charge in [-0.2, -0.15) is 0 Å². The summed E-state index contributed by atoms with van der Waals surface area (Å²) in [5, 5.41) is 14.0. The average molecular weight is 256 g/mol. The molecule has 1 aromatic rings. The summed E-state index contributed by atoms with van der Waals surface area (Å²) < 4.78 is 0. The van der Waals surface area contributed by atoms with E-state index in [1.54, 1.807) is 6.20 Å². The lowest BCUT2D eigenvalue weighted by Crippen LogP contribution is -2.41. The molecule has 2 rings (SSSR count). The van der Waals surface area contributed by atoms with Crippen molar-refractivity contribution in [1.29, 1.82) is 0 Å². The van der Waals surface area contributed by atoms with Crippen LogP contribution >= 0.6 is 11.6 Å². The number of hydrogen-bond donors (Lipinski definition) is 2. The van der Waals surface area contributed by atoms with E-state index < -0.39 is 5.60 Å². The molecule has 1 heterocycles. The normalized spacial score (nSPS) is 29.0. The second kappa shape index (κ2) is 5.19. The van der Waals surface area contributed by atoms with Gasteiger partial charge in [-0.15, -0.1) is 0 Å². The molecular weight excluding hydrogens is 238 g/mol. The molecule has 1 aliphatic rings. The van der Waals surface area contributed by atoms with Crippen molar-refractivity contribution >= 4 is 17.4 Å². The molecule has 2 unspecified atom stereocenters. The van der Waals surface area contributed by atoms with E-state index in [1.165, 1.54) is 12.7 Å². The number of nitrogens with one attached hydrogen (secondary N) is 1. The van der Waals surface area contributed by atoms with Gasteiger partial charge < -0.3 is 10.4 Å². The third-order valence-electron chi connectivity index (χ3n) is 3.32. The van der Waals surface area contributed by atoms with Crippen LogP contribution in [0.5, 0.6) is 0 Å². The lowest BCUT2D eigenvalue weighted by molar-refractivity contribution is -0.000824. The first-order valence-corrected chi connectivity index (χ1v) is 6.39. The van der Waals surface area contributed by atoms with E-state index in [0.717, 1.165) is 19.3 Å². The largest absolute Gasteiger partial charge is 0.388 e. The van der Waals surface area contributed by atoms with Crippen LogP contribution in [-0.2, 0) is 0 Å². The minimum Gasteiger partial charge on any atom is -0.388 e. The fourth-order valence-corrected chi connectivity index (χ4v) is 2.66. The topological polar surface area (TPSA) is 58.0 Å². The summed E-state index contributed by atoms with van der Waals surface area (Å²) in [5.74, 6) is 1.17. The Morgan fingerprint density at radius 2 is 2.47 bits per heavy atom. The zero-order valence-electron chi connectivity index (χ0n) is 9.99. The van der Waals surface area contributed by atoms with Crippen molar-refractivity contribution in [1.82, 2.24) is 9.97 Å². The summed E-state index contributed by atoms with van der Waals surface area (Å²) in [7, 11) is 0. The van der Waals surface area contributed by atoms with E-state index in [0.29, 0.717) is 23.3 Å². The zero-order chi connectivity index (χ0) is 12.3. The van der Waals surface area contributed by atoms with Crippen molar-refractivity contribution in [3.05, 3.63) is 17.5 Å². The molecule has 1 aromatic heterocycles. The van der Waals surface area contributed by atoms with E-state index in [1.807, 2.05) is 0 Å². The molecule has 0 radical (unpaired) electrons. The van der Waals surface area contributed by atoms with Crippen molar-refractivity contribution in [3.8, 4) is 0 Å². The second-order valence-corrected chi connectivity index (χ2v) is 5.41.